The normalized spacial score (nSPS) is 25.7. The molecule has 32 heavy (non-hydrogen) atoms. The van der Waals surface area contributed by atoms with Crippen LogP contribution < -0.4 is 10.2 Å². The zero-order valence-corrected chi connectivity index (χ0v) is 16.3. The van der Waals surface area contributed by atoms with E-state index in [0.29, 0.717) is 0 Å². The van der Waals surface area contributed by atoms with Crippen LogP contribution in [0, 0.1) is 0 Å². The van der Waals surface area contributed by atoms with Gasteiger partial charge in [-0.3, -0.25) is 4.79 Å². The lowest BCUT2D eigenvalue weighted by Crippen LogP contribution is -2.60. The maximum atomic E-state index is 12.9. The SMILES string of the molecule is O=c1c(-c2ccc(O)c(O)c2)coc2cc(O[C@@H]3O[C@H](CO)[C@H](O)C(O)[C@H]3O)cc(O)c12. The highest BCUT2D eigenvalue weighted by Gasteiger charge is 2.44. The number of phenols is 3. The molecule has 0 radical (unpaired) electrons. The molecule has 7 N–H and O–H groups in total. The van der Waals surface area contributed by atoms with Gasteiger partial charge in [0.1, 0.15) is 53.1 Å². The molecule has 170 valence electrons. The van der Waals surface area contributed by atoms with Crippen molar-refractivity contribution in [1.29, 1.82) is 0 Å². The largest absolute Gasteiger partial charge is 0.507 e. The molecule has 0 bridgehead atoms. The molecule has 5 atom stereocenters. The molecule has 1 aliphatic heterocycles. The first-order valence-electron chi connectivity index (χ1n) is 9.49. The summed E-state index contributed by atoms with van der Waals surface area (Å²) in [7, 11) is 0. The summed E-state index contributed by atoms with van der Waals surface area (Å²) in [5, 5.41) is 68.4. The predicted octanol–water partition coefficient (Wildman–Crippen LogP) is -0.245. The fraction of sp³-hybridized carbons (Fsp3) is 0.286. The fourth-order valence-corrected chi connectivity index (χ4v) is 3.46. The summed E-state index contributed by atoms with van der Waals surface area (Å²) in [5.41, 5.74) is -0.419. The Kier molecular flexibility index (Phi) is 5.67. The number of ether oxygens (including phenoxy) is 2. The van der Waals surface area contributed by atoms with Gasteiger partial charge in [-0.1, -0.05) is 6.07 Å². The molecule has 4 rings (SSSR count). The summed E-state index contributed by atoms with van der Waals surface area (Å²) in [6.07, 6.45) is -6.45. The molecule has 3 aromatic rings. The van der Waals surface area contributed by atoms with E-state index in [1.807, 2.05) is 0 Å². The smallest absolute Gasteiger partial charge is 0.229 e. The van der Waals surface area contributed by atoms with Crippen LogP contribution in [-0.4, -0.2) is 73.1 Å². The summed E-state index contributed by atoms with van der Waals surface area (Å²) < 4.78 is 16.2. The van der Waals surface area contributed by atoms with Gasteiger partial charge in [0.05, 0.1) is 12.2 Å². The maximum absolute atomic E-state index is 12.9. The Morgan fingerprint density at radius 2 is 1.66 bits per heavy atom. The van der Waals surface area contributed by atoms with Crippen LogP contribution in [0.2, 0.25) is 0 Å². The zero-order chi connectivity index (χ0) is 23.2. The van der Waals surface area contributed by atoms with Crippen molar-refractivity contribution in [2.75, 3.05) is 6.61 Å². The van der Waals surface area contributed by atoms with Crippen molar-refractivity contribution >= 4 is 11.0 Å². The number of phenolic OH excluding ortho intramolecular Hbond substituents is 3. The highest BCUT2D eigenvalue weighted by Crippen LogP contribution is 2.34. The Hall–Kier alpha value is -3.35. The molecule has 2 heterocycles. The molecule has 1 aliphatic rings. The van der Waals surface area contributed by atoms with Gasteiger partial charge in [-0.2, -0.15) is 0 Å². The fourth-order valence-electron chi connectivity index (χ4n) is 3.46. The van der Waals surface area contributed by atoms with Gasteiger partial charge < -0.3 is 49.6 Å². The van der Waals surface area contributed by atoms with Gasteiger partial charge in [0.15, 0.2) is 11.5 Å². The number of rotatable bonds is 4. The first kappa shape index (κ1) is 21.9. The monoisotopic (exact) mass is 448 g/mol. The number of aliphatic hydroxyl groups excluding tert-OH is 4. The van der Waals surface area contributed by atoms with E-state index in [0.717, 1.165) is 12.3 Å². The molecule has 1 aromatic heterocycles. The van der Waals surface area contributed by atoms with Crippen LogP contribution in [0.5, 0.6) is 23.0 Å². The third-order valence-electron chi connectivity index (χ3n) is 5.22. The summed E-state index contributed by atoms with van der Waals surface area (Å²) >= 11 is 0. The van der Waals surface area contributed by atoms with Gasteiger partial charge in [0.2, 0.25) is 11.7 Å². The molecular weight excluding hydrogens is 428 g/mol. The maximum Gasteiger partial charge on any atom is 0.229 e. The second-order valence-corrected chi connectivity index (χ2v) is 7.31. The van der Waals surface area contributed by atoms with Crippen molar-refractivity contribution in [3.63, 3.8) is 0 Å². The first-order valence-corrected chi connectivity index (χ1v) is 9.49. The van der Waals surface area contributed by atoms with Crippen LogP contribution in [0.4, 0.5) is 0 Å². The second-order valence-electron chi connectivity index (χ2n) is 7.31. The third-order valence-corrected chi connectivity index (χ3v) is 5.22. The molecule has 0 aliphatic carbocycles. The highest BCUT2D eigenvalue weighted by atomic mass is 16.7. The van der Waals surface area contributed by atoms with Gasteiger partial charge in [-0.15, -0.1) is 0 Å². The van der Waals surface area contributed by atoms with Crippen molar-refractivity contribution in [2.24, 2.45) is 0 Å². The van der Waals surface area contributed by atoms with Crippen LogP contribution >= 0.6 is 0 Å². The number of fused-ring (bicyclic) bond motifs is 1. The molecule has 11 nitrogen and oxygen atoms in total. The Labute approximate surface area is 179 Å². The molecule has 0 amide bonds. The average molecular weight is 448 g/mol. The summed E-state index contributed by atoms with van der Waals surface area (Å²) in [4.78, 5) is 12.9. The van der Waals surface area contributed by atoms with Gasteiger partial charge in [0, 0.05) is 12.1 Å². The van der Waals surface area contributed by atoms with Gasteiger partial charge in [0.25, 0.3) is 0 Å². The number of benzene rings is 2. The van der Waals surface area contributed by atoms with E-state index in [1.165, 1.54) is 24.3 Å². The summed E-state index contributed by atoms with van der Waals surface area (Å²) in [6.45, 7) is -0.641. The van der Waals surface area contributed by atoms with Crippen molar-refractivity contribution in [3.05, 3.63) is 46.8 Å². The number of hydrogen-bond acceptors (Lipinski definition) is 11. The van der Waals surface area contributed by atoms with E-state index in [-0.39, 0.29) is 33.6 Å². The quantitative estimate of drug-likeness (QED) is 0.261. The molecular formula is C21H20O11. The molecule has 0 spiro atoms. The third kappa shape index (κ3) is 3.72. The zero-order valence-electron chi connectivity index (χ0n) is 16.3. The second kappa shape index (κ2) is 8.30. The topological polar surface area (TPSA) is 190 Å². The summed E-state index contributed by atoms with van der Waals surface area (Å²) in [6, 6.07) is 6.07. The number of hydrogen-bond donors (Lipinski definition) is 7. The van der Waals surface area contributed by atoms with Gasteiger partial charge >= 0.3 is 0 Å². The van der Waals surface area contributed by atoms with Crippen molar-refractivity contribution < 1.29 is 49.6 Å². The van der Waals surface area contributed by atoms with Crippen molar-refractivity contribution in [3.8, 4) is 34.1 Å². The van der Waals surface area contributed by atoms with E-state index < -0.39 is 54.2 Å². The standard InChI is InChI=1S/C21H20O11/c22-6-15-18(27)19(28)20(29)21(32-15)31-9-4-13(25)16-14(5-9)30-7-10(17(16)26)8-1-2-11(23)12(24)3-8/h1-5,7,15,18-25,27-29H,6H2/t15-,18+,19?,20-,21-/m1/s1. The summed E-state index contributed by atoms with van der Waals surface area (Å²) in [5.74, 6) is -1.40. The lowest BCUT2D eigenvalue weighted by molar-refractivity contribution is -0.277. The molecule has 1 unspecified atom stereocenters. The lowest BCUT2D eigenvalue weighted by Gasteiger charge is -2.39. The van der Waals surface area contributed by atoms with E-state index in [9.17, 15) is 40.5 Å². The van der Waals surface area contributed by atoms with Crippen LogP contribution in [0.25, 0.3) is 22.1 Å². The van der Waals surface area contributed by atoms with Crippen LogP contribution in [0.3, 0.4) is 0 Å². The van der Waals surface area contributed by atoms with Gasteiger partial charge in [-0.05, 0) is 17.7 Å². The van der Waals surface area contributed by atoms with Crippen LogP contribution in [0.15, 0.2) is 45.8 Å². The van der Waals surface area contributed by atoms with E-state index >= 15 is 0 Å². The minimum Gasteiger partial charge on any atom is -0.507 e. The van der Waals surface area contributed by atoms with E-state index in [1.54, 1.807) is 0 Å². The molecule has 0 saturated carbocycles. The Morgan fingerprint density at radius 1 is 0.906 bits per heavy atom. The Morgan fingerprint density at radius 3 is 2.34 bits per heavy atom. The van der Waals surface area contributed by atoms with Crippen molar-refractivity contribution in [2.45, 2.75) is 30.7 Å². The predicted molar refractivity (Wildman–Crippen MR) is 107 cm³/mol. The molecule has 11 heteroatoms. The number of aromatic hydroxyl groups is 3. The Balaban J connectivity index is 1.69. The molecule has 1 fully saturated rings. The van der Waals surface area contributed by atoms with Gasteiger partial charge in [-0.25, -0.2) is 0 Å². The minimum absolute atomic E-state index is 0.0192. The van der Waals surface area contributed by atoms with Crippen LogP contribution in [0.1, 0.15) is 0 Å². The molecule has 2 aromatic carbocycles. The van der Waals surface area contributed by atoms with Crippen molar-refractivity contribution in [1.82, 2.24) is 0 Å². The average Bonchev–Trinajstić information content (AvgIpc) is 2.76. The Bertz CT molecular complexity index is 1200. The van der Waals surface area contributed by atoms with Crippen LogP contribution in [-0.2, 0) is 4.74 Å². The van der Waals surface area contributed by atoms with E-state index in [2.05, 4.69) is 0 Å². The molecule has 1 saturated heterocycles. The number of aliphatic hydroxyl groups is 4. The first-order chi connectivity index (χ1) is 15.2. The van der Waals surface area contributed by atoms with E-state index in [4.69, 9.17) is 13.9 Å². The minimum atomic E-state index is -1.66. The highest BCUT2D eigenvalue weighted by molar-refractivity contribution is 5.88. The lowest BCUT2D eigenvalue weighted by atomic mass is 9.99.